The zero-order valence-corrected chi connectivity index (χ0v) is 13.9. The Labute approximate surface area is 137 Å². The first-order valence-electron chi connectivity index (χ1n) is 8.38. The third-order valence-electron chi connectivity index (χ3n) is 4.42. The van der Waals surface area contributed by atoms with Gasteiger partial charge in [-0.15, -0.1) is 0 Å². The SMILES string of the molecule is CCCCc1ccc(NC(=O)C(=O)N2CCC(C(C)O)C2)cc1. The zero-order chi connectivity index (χ0) is 16.8. The third-order valence-corrected chi connectivity index (χ3v) is 4.42. The molecule has 1 aliphatic rings. The van der Waals surface area contributed by atoms with Crippen LogP contribution in [0.2, 0.25) is 0 Å². The smallest absolute Gasteiger partial charge is 0.313 e. The van der Waals surface area contributed by atoms with E-state index in [1.54, 1.807) is 6.92 Å². The van der Waals surface area contributed by atoms with Crippen LogP contribution in [-0.2, 0) is 16.0 Å². The lowest BCUT2D eigenvalue weighted by molar-refractivity contribution is -0.142. The Morgan fingerprint density at radius 3 is 2.61 bits per heavy atom. The molecule has 23 heavy (non-hydrogen) atoms. The van der Waals surface area contributed by atoms with Crippen molar-refractivity contribution in [2.45, 2.75) is 45.6 Å². The topological polar surface area (TPSA) is 69.6 Å². The molecule has 0 saturated carbocycles. The highest BCUT2D eigenvalue weighted by atomic mass is 16.3. The minimum atomic E-state index is -0.613. The van der Waals surface area contributed by atoms with Gasteiger partial charge in [-0.05, 0) is 43.9 Å². The van der Waals surface area contributed by atoms with E-state index in [4.69, 9.17) is 0 Å². The summed E-state index contributed by atoms with van der Waals surface area (Å²) in [4.78, 5) is 25.7. The molecule has 5 nitrogen and oxygen atoms in total. The Balaban J connectivity index is 1.87. The van der Waals surface area contributed by atoms with E-state index in [0.29, 0.717) is 18.8 Å². The molecule has 1 aromatic carbocycles. The van der Waals surface area contributed by atoms with Gasteiger partial charge >= 0.3 is 11.8 Å². The first-order chi connectivity index (χ1) is 11.0. The number of aliphatic hydroxyl groups excluding tert-OH is 1. The largest absolute Gasteiger partial charge is 0.393 e. The summed E-state index contributed by atoms with van der Waals surface area (Å²) in [7, 11) is 0. The summed E-state index contributed by atoms with van der Waals surface area (Å²) in [5, 5.41) is 12.2. The van der Waals surface area contributed by atoms with E-state index in [-0.39, 0.29) is 5.92 Å². The van der Waals surface area contributed by atoms with Crippen LogP contribution in [0.5, 0.6) is 0 Å². The van der Waals surface area contributed by atoms with Crippen molar-refractivity contribution in [3.8, 4) is 0 Å². The van der Waals surface area contributed by atoms with Crippen molar-refractivity contribution in [2.24, 2.45) is 5.92 Å². The van der Waals surface area contributed by atoms with Gasteiger partial charge in [0.15, 0.2) is 0 Å². The molecule has 5 heteroatoms. The minimum absolute atomic E-state index is 0.0598. The summed E-state index contributed by atoms with van der Waals surface area (Å²) in [5.41, 5.74) is 1.87. The van der Waals surface area contributed by atoms with Gasteiger partial charge in [-0.1, -0.05) is 25.5 Å². The molecule has 0 aromatic heterocycles. The van der Waals surface area contributed by atoms with Gasteiger partial charge in [0.1, 0.15) is 0 Å². The predicted molar refractivity (Wildman–Crippen MR) is 90.1 cm³/mol. The number of benzene rings is 1. The first kappa shape index (κ1) is 17.5. The average Bonchev–Trinajstić information content (AvgIpc) is 3.03. The highest BCUT2D eigenvalue weighted by Crippen LogP contribution is 2.20. The van der Waals surface area contributed by atoms with Crippen LogP contribution >= 0.6 is 0 Å². The van der Waals surface area contributed by atoms with Gasteiger partial charge in [-0.2, -0.15) is 0 Å². The second kappa shape index (κ2) is 8.11. The standard InChI is InChI=1S/C18H26N2O3/c1-3-4-5-14-6-8-16(9-7-14)19-17(22)18(23)20-11-10-15(12-20)13(2)21/h6-9,13,15,21H,3-5,10-12H2,1-2H3,(H,19,22). The monoisotopic (exact) mass is 318 g/mol. The Morgan fingerprint density at radius 2 is 2.04 bits per heavy atom. The van der Waals surface area contributed by atoms with E-state index in [0.717, 1.165) is 25.7 Å². The Hall–Kier alpha value is -1.88. The summed E-state index contributed by atoms with van der Waals surface area (Å²) in [5.74, 6) is -1.08. The van der Waals surface area contributed by atoms with Crippen molar-refractivity contribution in [1.82, 2.24) is 4.90 Å². The number of aliphatic hydroxyl groups is 1. The zero-order valence-electron chi connectivity index (χ0n) is 13.9. The van der Waals surface area contributed by atoms with Crippen molar-refractivity contribution < 1.29 is 14.7 Å². The molecule has 0 bridgehead atoms. The number of carbonyl (C=O) groups is 2. The number of hydrogen-bond donors (Lipinski definition) is 2. The van der Waals surface area contributed by atoms with E-state index < -0.39 is 17.9 Å². The highest BCUT2D eigenvalue weighted by Gasteiger charge is 2.32. The molecule has 0 spiro atoms. The summed E-state index contributed by atoms with van der Waals surface area (Å²) in [6.45, 7) is 4.84. The molecule has 0 radical (unpaired) electrons. The van der Waals surface area contributed by atoms with E-state index in [1.165, 1.54) is 10.5 Å². The first-order valence-corrected chi connectivity index (χ1v) is 8.38. The highest BCUT2D eigenvalue weighted by molar-refractivity contribution is 6.39. The van der Waals surface area contributed by atoms with Gasteiger partial charge in [0.05, 0.1) is 6.10 Å². The molecule has 1 aromatic rings. The van der Waals surface area contributed by atoms with E-state index in [9.17, 15) is 14.7 Å². The number of carbonyl (C=O) groups excluding carboxylic acids is 2. The summed E-state index contributed by atoms with van der Waals surface area (Å²) in [6, 6.07) is 7.63. The van der Waals surface area contributed by atoms with Crippen LogP contribution in [0.3, 0.4) is 0 Å². The number of hydrogen-bond acceptors (Lipinski definition) is 3. The quantitative estimate of drug-likeness (QED) is 0.818. The Bertz CT molecular complexity index is 540. The number of nitrogens with one attached hydrogen (secondary N) is 1. The van der Waals surface area contributed by atoms with Crippen LogP contribution in [-0.4, -0.2) is 41.0 Å². The molecule has 2 atom stereocenters. The number of rotatable bonds is 5. The van der Waals surface area contributed by atoms with Gasteiger partial charge in [-0.3, -0.25) is 9.59 Å². The van der Waals surface area contributed by atoms with Crippen molar-refractivity contribution in [3.63, 3.8) is 0 Å². The lowest BCUT2D eigenvalue weighted by atomic mass is 10.0. The molecule has 1 aliphatic heterocycles. The fraction of sp³-hybridized carbons (Fsp3) is 0.556. The molecule has 2 N–H and O–H groups in total. The lowest BCUT2D eigenvalue weighted by Crippen LogP contribution is -2.38. The molecule has 0 aliphatic carbocycles. The van der Waals surface area contributed by atoms with Crippen LogP contribution in [0.15, 0.2) is 24.3 Å². The van der Waals surface area contributed by atoms with Crippen molar-refractivity contribution in [1.29, 1.82) is 0 Å². The molecule has 126 valence electrons. The molecular weight excluding hydrogens is 292 g/mol. The van der Waals surface area contributed by atoms with Crippen LogP contribution in [0.4, 0.5) is 5.69 Å². The van der Waals surface area contributed by atoms with Gasteiger partial charge in [-0.25, -0.2) is 0 Å². The molecular formula is C18H26N2O3. The van der Waals surface area contributed by atoms with E-state index >= 15 is 0 Å². The van der Waals surface area contributed by atoms with Gasteiger partial charge < -0.3 is 15.3 Å². The maximum atomic E-state index is 12.2. The number of unbranched alkanes of at least 4 members (excludes halogenated alkanes) is 1. The average molecular weight is 318 g/mol. The molecule has 1 saturated heterocycles. The second-order valence-electron chi connectivity index (χ2n) is 6.30. The fourth-order valence-corrected chi connectivity index (χ4v) is 2.83. The maximum Gasteiger partial charge on any atom is 0.313 e. The number of nitrogens with zero attached hydrogens (tertiary/aromatic N) is 1. The molecule has 2 amide bonds. The summed E-state index contributed by atoms with van der Waals surface area (Å²) < 4.78 is 0. The molecule has 1 fully saturated rings. The van der Waals surface area contributed by atoms with Crippen LogP contribution in [0, 0.1) is 5.92 Å². The van der Waals surface area contributed by atoms with Gasteiger partial charge in [0.2, 0.25) is 0 Å². The van der Waals surface area contributed by atoms with Crippen LogP contribution < -0.4 is 5.32 Å². The van der Waals surface area contributed by atoms with Crippen molar-refractivity contribution >= 4 is 17.5 Å². The maximum absolute atomic E-state index is 12.2. The number of likely N-dealkylation sites (tertiary alicyclic amines) is 1. The van der Waals surface area contributed by atoms with Gasteiger partial charge in [0.25, 0.3) is 0 Å². The summed E-state index contributed by atoms with van der Waals surface area (Å²) in [6.07, 6.45) is 3.60. The molecule has 2 rings (SSSR count). The summed E-state index contributed by atoms with van der Waals surface area (Å²) >= 11 is 0. The Kier molecular flexibility index (Phi) is 6.16. The lowest BCUT2D eigenvalue weighted by Gasteiger charge is -2.17. The van der Waals surface area contributed by atoms with E-state index in [1.807, 2.05) is 24.3 Å². The van der Waals surface area contributed by atoms with Crippen LogP contribution in [0.25, 0.3) is 0 Å². The minimum Gasteiger partial charge on any atom is -0.393 e. The van der Waals surface area contributed by atoms with Crippen LogP contribution in [0.1, 0.15) is 38.7 Å². The number of amides is 2. The normalized spacial score (nSPS) is 18.7. The molecule has 2 unspecified atom stereocenters. The second-order valence-corrected chi connectivity index (χ2v) is 6.30. The van der Waals surface area contributed by atoms with Crippen molar-refractivity contribution in [3.05, 3.63) is 29.8 Å². The molecule has 1 heterocycles. The Morgan fingerprint density at radius 1 is 1.35 bits per heavy atom. The predicted octanol–water partition coefficient (Wildman–Crippen LogP) is 2.20. The van der Waals surface area contributed by atoms with E-state index in [2.05, 4.69) is 12.2 Å². The number of aryl methyl sites for hydroxylation is 1. The number of anilines is 1. The fourth-order valence-electron chi connectivity index (χ4n) is 2.83. The van der Waals surface area contributed by atoms with Crippen molar-refractivity contribution in [2.75, 3.05) is 18.4 Å². The third kappa shape index (κ3) is 4.79. The van der Waals surface area contributed by atoms with Gasteiger partial charge in [0, 0.05) is 24.7 Å².